The minimum atomic E-state index is -3.68. The molecule has 198 valence electrons. The summed E-state index contributed by atoms with van der Waals surface area (Å²) in [7, 11) is -3.68. The number of tetrazole rings is 1. The fourth-order valence-electron chi connectivity index (χ4n) is 6.20. The Kier molecular flexibility index (Phi) is 5.37. The number of benzene rings is 1. The van der Waals surface area contributed by atoms with Crippen LogP contribution in [0.5, 0.6) is 0 Å². The van der Waals surface area contributed by atoms with Crippen LogP contribution in [0.2, 0.25) is 0 Å². The number of pyridine rings is 1. The first-order valence-electron chi connectivity index (χ1n) is 12.8. The topological polar surface area (TPSA) is 161 Å². The van der Waals surface area contributed by atoms with E-state index < -0.39 is 9.84 Å². The number of nitrogen functional groups attached to an aromatic ring is 1. The number of nitrogens with zero attached hydrogens (tertiary/aromatic N) is 8. The number of nitrogens with two attached hydrogens (primary N) is 1. The number of fused-ring (bicyclic) bond motifs is 3. The summed E-state index contributed by atoms with van der Waals surface area (Å²) in [4.78, 5) is 11.9. The van der Waals surface area contributed by atoms with E-state index in [0.29, 0.717) is 30.1 Å². The zero-order valence-corrected chi connectivity index (χ0v) is 22.0. The van der Waals surface area contributed by atoms with Crippen LogP contribution in [-0.2, 0) is 9.84 Å². The molecule has 0 aliphatic carbocycles. The first kappa shape index (κ1) is 23.7. The lowest BCUT2D eigenvalue weighted by atomic mass is 9.88. The molecule has 5 aromatic rings. The van der Waals surface area contributed by atoms with Crippen molar-refractivity contribution >= 4 is 27.3 Å². The highest BCUT2D eigenvalue weighted by Gasteiger charge is 2.44. The summed E-state index contributed by atoms with van der Waals surface area (Å²) in [6.45, 7) is 0. The van der Waals surface area contributed by atoms with E-state index >= 15 is 0 Å². The second-order valence-electron chi connectivity index (χ2n) is 10.2. The first-order valence-corrected chi connectivity index (χ1v) is 14.7. The number of sulfone groups is 1. The molecule has 2 atom stereocenters. The van der Waals surface area contributed by atoms with Crippen LogP contribution in [0.4, 0.5) is 11.8 Å². The molecule has 39 heavy (non-hydrogen) atoms. The number of aromatic nitrogens is 8. The average molecular weight is 543 g/mol. The van der Waals surface area contributed by atoms with Gasteiger partial charge in [0.05, 0.1) is 17.6 Å². The number of nitrogens with one attached hydrogen (secondary N) is 1. The predicted molar refractivity (Wildman–Crippen MR) is 145 cm³/mol. The van der Waals surface area contributed by atoms with Gasteiger partial charge < -0.3 is 10.6 Å². The van der Waals surface area contributed by atoms with Gasteiger partial charge in [-0.05, 0) is 37.0 Å². The van der Waals surface area contributed by atoms with Gasteiger partial charge in [0, 0.05) is 47.1 Å². The molecule has 12 nitrogen and oxygen atoms in total. The number of rotatable bonds is 5. The summed E-state index contributed by atoms with van der Waals surface area (Å²) >= 11 is 0. The maximum atomic E-state index is 13.0. The lowest BCUT2D eigenvalue weighted by Crippen LogP contribution is -2.43. The van der Waals surface area contributed by atoms with Crippen molar-refractivity contribution in [2.75, 3.05) is 16.9 Å². The van der Waals surface area contributed by atoms with Gasteiger partial charge in [0.15, 0.2) is 15.5 Å². The van der Waals surface area contributed by atoms with E-state index in [1.165, 1.54) is 10.8 Å². The van der Waals surface area contributed by atoms with Gasteiger partial charge in [-0.2, -0.15) is 14.8 Å². The first-order chi connectivity index (χ1) is 18.9. The zero-order valence-electron chi connectivity index (χ0n) is 21.1. The van der Waals surface area contributed by atoms with Gasteiger partial charge in [0.1, 0.15) is 10.7 Å². The molecule has 0 saturated carbocycles. The van der Waals surface area contributed by atoms with E-state index in [2.05, 4.69) is 35.6 Å². The monoisotopic (exact) mass is 542 g/mol. The summed E-state index contributed by atoms with van der Waals surface area (Å²) in [6.07, 6.45) is 7.99. The normalized spacial score (nSPS) is 21.1. The largest absolute Gasteiger partial charge is 0.382 e. The van der Waals surface area contributed by atoms with Gasteiger partial charge in [-0.3, -0.25) is 4.98 Å². The molecule has 0 amide bonds. The molecule has 6 heterocycles. The molecule has 1 aromatic carbocycles. The number of piperidine rings is 1. The Morgan fingerprint density at radius 2 is 1.77 bits per heavy atom. The maximum absolute atomic E-state index is 13.0. The van der Waals surface area contributed by atoms with Crippen molar-refractivity contribution in [3.8, 4) is 22.4 Å². The van der Waals surface area contributed by atoms with Crippen molar-refractivity contribution < 1.29 is 8.42 Å². The van der Waals surface area contributed by atoms with Crippen LogP contribution in [0.25, 0.3) is 28.0 Å². The van der Waals surface area contributed by atoms with E-state index in [4.69, 9.17) is 10.7 Å². The smallest absolute Gasteiger partial charge is 0.266 e. The molecule has 0 radical (unpaired) electrons. The Hall–Kier alpha value is -4.39. The molecular weight excluding hydrogens is 516 g/mol. The Morgan fingerprint density at radius 1 is 1.00 bits per heavy atom. The number of aromatic amines is 1. The van der Waals surface area contributed by atoms with Crippen LogP contribution < -0.4 is 10.6 Å². The Bertz CT molecular complexity index is 1760. The van der Waals surface area contributed by atoms with Crippen LogP contribution in [0.1, 0.15) is 37.3 Å². The fourth-order valence-corrected chi connectivity index (χ4v) is 7.26. The Balaban J connectivity index is 1.31. The maximum Gasteiger partial charge on any atom is 0.266 e. The van der Waals surface area contributed by atoms with Crippen molar-refractivity contribution in [3.05, 3.63) is 60.6 Å². The fraction of sp³-hybridized carbons (Fsp3) is 0.308. The molecule has 2 fully saturated rings. The predicted octanol–water partition coefficient (Wildman–Crippen LogP) is 2.87. The lowest BCUT2D eigenvalue weighted by Gasteiger charge is -2.38. The lowest BCUT2D eigenvalue weighted by molar-refractivity contribution is 0.400. The Labute approximate surface area is 224 Å². The minimum Gasteiger partial charge on any atom is -0.382 e. The molecule has 2 saturated heterocycles. The quantitative estimate of drug-likeness (QED) is 0.338. The van der Waals surface area contributed by atoms with Crippen molar-refractivity contribution in [2.24, 2.45) is 0 Å². The van der Waals surface area contributed by atoms with Crippen LogP contribution >= 0.6 is 0 Å². The van der Waals surface area contributed by atoms with Crippen molar-refractivity contribution in [1.29, 1.82) is 0 Å². The molecule has 2 aliphatic rings. The average Bonchev–Trinajstić information content (AvgIpc) is 3.66. The van der Waals surface area contributed by atoms with Gasteiger partial charge in [-0.15, -0.1) is 5.10 Å². The molecular formula is C26H26N10O2S. The SMILES string of the molecule is CS(=O)(=O)c1c(C2CC3CCC(C2)N3c2nn[nH]n2)nc2c(-c3ccc(-c4ccccc4)nc3)cnn2c1N. The van der Waals surface area contributed by atoms with Crippen LogP contribution in [-0.4, -0.2) is 67.0 Å². The Morgan fingerprint density at radius 3 is 2.41 bits per heavy atom. The van der Waals surface area contributed by atoms with Gasteiger partial charge in [0.2, 0.25) is 0 Å². The molecule has 4 aromatic heterocycles. The highest BCUT2D eigenvalue weighted by molar-refractivity contribution is 7.91. The van der Waals surface area contributed by atoms with E-state index in [0.717, 1.165) is 35.2 Å². The summed E-state index contributed by atoms with van der Waals surface area (Å²) in [5.41, 5.74) is 11.0. The van der Waals surface area contributed by atoms with E-state index in [-0.39, 0.29) is 28.7 Å². The summed E-state index contributed by atoms with van der Waals surface area (Å²) in [6, 6.07) is 14.2. The molecule has 7 rings (SSSR count). The summed E-state index contributed by atoms with van der Waals surface area (Å²) in [5, 5.41) is 19.0. The van der Waals surface area contributed by atoms with E-state index in [9.17, 15) is 8.42 Å². The number of anilines is 2. The number of hydrogen-bond donors (Lipinski definition) is 2. The van der Waals surface area contributed by atoms with Crippen molar-refractivity contribution in [2.45, 2.75) is 48.6 Å². The third-order valence-corrected chi connectivity index (χ3v) is 9.02. The third-order valence-electron chi connectivity index (χ3n) is 7.86. The molecule has 2 bridgehead atoms. The van der Waals surface area contributed by atoms with Crippen LogP contribution in [0, 0.1) is 0 Å². The molecule has 2 unspecified atom stereocenters. The second kappa shape index (κ2) is 8.83. The number of hydrogen-bond acceptors (Lipinski definition) is 10. The van der Waals surface area contributed by atoms with Gasteiger partial charge in [-0.1, -0.05) is 41.5 Å². The second-order valence-corrected chi connectivity index (χ2v) is 12.2. The van der Waals surface area contributed by atoms with Crippen LogP contribution in [0.3, 0.4) is 0 Å². The van der Waals surface area contributed by atoms with Crippen LogP contribution in [0.15, 0.2) is 59.8 Å². The molecule has 13 heteroatoms. The zero-order chi connectivity index (χ0) is 26.7. The summed E-state index contributed by atoms with van der Waals surface area (Å²) in [5.74, 6) is 0.561. The van der Waals surface area contributed by atoms with E-state index in [1.54, 1.807) is 12.4 Å². The molecule has 0 spiro atoms. The minimum absolute atomic E-state index is 0.0552. The van der Waals surface area contributed by atoms with Gasteiger partial charge in [-0.25, -0.2) is 13.4 Å². The third kappa shape index (κ3) is 3.92. The van der Waals surface area contributed by atoms with Gasteiger partial charge >= 0.3 is 0 Å². The van der Waals surface area contributed by atoms with E-state index in [1.807, 2.05) is 42.5 Å². The summed E-state index contributed by atoms with van der Waals surface area (Å²) < 4.78 is 27.5. The van der Waals surface area contributed by atoms with Crippen molar-refractivity contribution in [3.63, 3.8) is 0 Å². The molecule has 2 aliphatic heterocycles. The molecule has 3 N–H and O–H groups in total. The van der Waals surface area contributed by atoms with Gasteiger partial charge in [0.25, 0.3) is 5.95 Å². The van der Waals surface area contributed by atoms with Crippen molar-refractivity contribution in [1.82, 2.24) is 40.2 Å². The number of H-pyrrole nitrogens is 1. The highest BCUT2D eigenvalue weighted by atomic mass is 32.2. The standard InChI is InChI=1S/C26H26N10O2S/c1-39(37,38)23-22(17-11-18-8-9-19(12-17)35(18)26-31-33-34-32-26)30-25-20(14-29-36(25)24(23)27)16-7-10-21(28-13-16)15-5-3-2-4-6-15/h2-7,10,13-14,17-19H,8-9,11-12,27H2,1H3,(H,31,32,33,34). The highest BCUT2D eigenvalue weighted by Crippen LogP contribution is 2.46.